The fourth-order valence-electron chi connectivity index (χ4n) is 3.92. The first-order chi connectivity index (χ1) is 10.3. The molecule has 3 rings (SSSR count). The highest BCUT2D eigenvalue weighted by Crippen LogP contribution is 2.44. The van der Waals surface area contributed by atoms with Crippen molar-refractivity contribution >= 4 is 11.8 Å². The number of thioether (sulfide) groups is 1. The van der Waals surface area contributed by atoms with Crippen LogP contribution in [0.2, 0.25) is 0 Å². The first kappa shape index (κ1) is 14.9. The van der Waals surface area contributed by atoms with E-state index in [1.165, 1.54) is 31.2 Å². The predicted octanol–water partition coefficient (Wildman–Crippen LogP) is 3.87. The average molecular weight is 300 g/mol. The van der Waals surface area contributed by atoms with E-state index in [0.717, 1.165) is 18.1 Å². The van der Waals surface area contributed by atoms with Crippen molar-refractivity contribution in [2.45, 2.75) is 61.3 Å². The predicted molar refractivity (Wildman–Crippen MR) is 89.4 cm³/mol. The van der Waals surface area contributed by atoms with E-state index in [4.69, 9.17) is 0 Å². The summed E-state index contributed by atoms with van der Waals surface area (Å²) in [5.41, 5.74) is 0.943. The molecule has 2 atom stereocenters. The zero-order chi connectivity index (χ0) is 14.7. The molecule has 0 spiro atoms. The molecule has 2 fully saturated rings. The number of nitrogens with zero attached hydrogens (tertiary/aromatic N) is 1. The first-order valence-corrected chi connectivity index (χ1v) is 9.32. The van der Waals surface area contributed by atoms with Crippen LogP contribution in [0, 0.1) is 11.3 Å². The Kier molecular flexibility index (Phi) is 4.57. The minimum absolute atomic E-state index is 0.248. The standard InChI is InChI=1S/C18H24N2S/c1-21-17-10-6-5-9-16(17)20-15-11-18(12-15,13-19)14-7-3-2-4-8-14/h2-4,7-8,15-17,20H,5-6,9-12H2,1H3. The van der Waals surface area contributed by atoms with E-state index in [1.54, 1.807) is 0 Å². The lowest BCUT2D eigenvalue weighted by molar-refractivity contribution is 0.196. The summed E-state index contributed by atoms with van der Waals surface area (Å²) in [5, 5.41) is 14.2. The molecule has 1 N–H and O–H groups in total. The van der Waals surface area contributed by atoms with Crippen molar-refractivity contribution in [1.82, 2.24) is 5.32 Å². The Morgan fingerprint density at radius 3 is 2.57 bits per heavy atom. The van der Waals surface area contributed by atoms with Gasteiger partial charge >= 0.3 is 0 Å². The SMILES string of the molecule is CSC1CCCCC1NC1CC(C#N)(c2ccccc2)C1. The summed E-state index contributed by atoms with van der Waals surface area (Å²) in [5.74, 6) is 0. The Morgan fingerprint density at radius 1 is 1.19 bits per heavy atom. The van der Waals surface area contributed by atoms with Gasteiger partial charge in [-0.2, -0.15) is 17.0 Å². The number of hydrogen-bond acceptors (Lipinski definition) is 3. The second kappa shape index (κ2) is 6.42. The topological polar surface area (TPSA) is 35.8 Å². The van der Waals surface area contributed by atoms with Gasteiger partial charge in [0.15, 0.2) is 0 Å². The van der Waals surface area contributed by atoms with Gasteiger partial charge in [-0.15, -0.1) is 0 Å². The minimum atomic E-state index is -0.248. The minimum Gasteiger partial charge on any atom is -0.310 e. The molecule has 1 aromatic carbocycles. The molecular weight excluding hydrogens is 276 g/mol. The van der Waals surface area contributed by atoms with E-state index >= 15 is 0 Å². The van der Waals surface area contributed by atoms with Gasteiger partial charge in [0.1, 0.15) is 0 Å². The van der Waals surface area contributed by atoms with Crippen molar-refractivity contribution in [1.29, 1.82) is 5.26 Å². The van der Waals surface area contributed by atoms with Gasteiger partial charge in [-0.05, 0) is 37.5 Å². The van der Waals surface area contributed by atoms with Gasteiger partial charge in [-0.1, -0.05) is 43.2 Å². The van der Waals surface area contributed by atoms with Crippen molar-refractivity contribution < 1.29 is 0 Å². The lowest BCUT2D eigenvalue weighted by atomic mass is 9.62. The molecule has 2 unspecified atom stereocenters. The molecule has 0 aromatic heterocycles. The lowest BCUT2D eigenvalue weighted by Gasteiger charge is -2.46. The number of rotatable bonds is 4. The maximum absolute atomic E-state index is 9.63. The molecule has 2 saturated carbocycles. The second-order valence-corrected chi connectivity index (χ2v) is 7.57. The summed E-state index contributed by atoms with van der Waals surface area (Å²) < 4.78 is 0. The van der Waals surface area contributed by atoms with Crippen molar-refractivity contribution in [3.8, 4) is 6.07 Å². The highest BCUT2D eigenvalue weighted by Gasteiger charge is 2.46. The van der Waals surface area contributed by atoms with Crippen LogP contribution in [0.15, 0.2) is 30.3 Å². The third-order valence-corrected chi connectivity index (χ3v) is 6.35. The quantitative estimate of drug-likeness (QED) is 0.917. The fourth-order valence-corrected chi connectivity index (χ4v) is 4.87. The Balaban J connectivity index is 1.61. The smallest absolute Gasteiger partial charge is 0.0852 e. The lowest BCUT2D eigenvalue weighted by Crippen LogP contribution is -2.56. The van der Waals surface area contributed by atoms with Gasteiger partial charge in [0, 0.05) is 17.3 Å². The van der Waals surface area contributed by atoms with Gasteiger partial charge in [0.05, 0.1) is 11.5 Å². The van der Waals surface area contributed by atoms with E-state index in [0.29, 0.717) is 12.1 Å². The van der Waals surface area contributed by atoms with E-state index in [-0.39, 0.29) is 5.41 Å². The monoisotopic (exact) mass is 300 g/mol. The van der Waals surface area contributed by atoms with E-state index in [9.17, 15) is 5.26 Å². The Hall–Kier alpha value is -0.980. The Labute approximate surface area is 132 Å². The maximum Gasteiger partial charge on any atom is 0.0852 e. The number of nitriles is 1. The zero-order valence-electron chi connectivity index (χ0n) is 12.7. The molecule has 0 saturated heterocycles. The van der Waals surface area contributed by atoms with Crippen molar-refractivity contribution in [2.75, 3.05) is 6.26 Å². The van der Waals surface area contributed by atoms with Gasteiger partial charge in [0.25, 0.3) is 0 Å². The van der Waals surface area contributed by atoms with Crippen LogP contribution in [-0.2, 0) is 5.41 Å². The van der Waals surface area contributed by atoms with Crippen LogP contribution >= 0.6 is 11.8 Å². The summed E-state index contributed by atoms with van der Waals surface area (Å²) in [7, 11) is 0. The van der Waals surface area contributed by atoms with Gasteiger partial charge in [-0.3, -0.25) is 0 Å². The molecule has 2 aliphatic rings. The normalized spacial score (nSPS) is 35.7. The van der Waals surface area contributed by atoms with Gasteiger partial charge in [-0.25, -0.2) is 0 Å². The van der Waals surface area contributed by atoms with Crippen molar-refractivity contribution in [3.63, 3.8) is 0 Å². The molecule has 0 radical (unpaired) electrons. The van der Waals surface area contributed by atoms with Crippen LogP contribution in [0.5, 0.6) is 0 Å². The summed E-state index contributed by atoms with van der Waals surface area (Å²) in [6, 6.07) is 14.0. The molecule has 0 bridgehead atoms. The van der Waals surface area contributed by atoms with Gasteiger partial charge < -0.3 is 5.32 Å². The maximum atomic E-state index is 9.63. The fraction of sp³-hybridized carbons (Fsp3) is 0.611. The van der Waals surface area contributed by atoms with Crippen LogP contribution in [0.4, 0.5) is 0 Å². The van der Waals surface area contributed by atoms with Crippen molar-refractivity contribution in [3.05, 3.63) is 35.9 Å². The molecule has 112 valence electrons. The van der Waals surface area contributed by atoms with Gasteiger partial charge in [0.2, 0.25) is 0 Å². The molecule has 2 aliphatic carbocycles. The molecule has 21 heavy (non-hydrogen) atoms. The first-order valence-electron chi connectivity index (χ1n) is 8.03. The Bertz CT molecular complexity index is 502. The summed E-state index contributed by atoms with van der Waals surface area (Å²) in [6.07, 6.45) is 9.52. The van der Waals surface area contributed by atoms with Crippen LogP contribution < -0.4 is 5.32 Å². The summed E-state index contributed by atoms with van der Waals surface area (Å²) in [4.78, 5) is 0. The summed E-state index contributed by atoms with van der Waals surface area (Å²) >= 11 is 2.00. The van der Waals surface area contributed by atoms with Crippen molar-refractivity contribution in [2.24, 2.45) is 0 Å². The van der Waals surface area contributed by atoms with Crippen LogP contribution in [0.1, 0.15) is 44.1 Å². The van der Waals surface area contributed by atoms with E-state index < -0.39 is 0 Å². The summed E-state index contributed by atoms with van der Waals surface area (Å²) in [6.45, 7) is 0. The third-order valence-electron chi connectivity index (χ3n) is 5.19. The van der Waals surface area contributed by atoms with Crippen LogP contribution in [-0.4, -0.2) is 23.6 Å². The number of nitrogens with one attached hydrogen (secondary N) is 1. The average Bonchev–Trinajstić information content (AvgIpc) is 2.52. The highest BCUT2D eigenvalue weighted by molar-refractivity contribution is 7.99. The highest BCUT2D eigenvalue weighted by atomic mass is 32.2. The largest absolute Gasteiger partial charge is 0.310 e. The molecular formula is C18H24N2S. The zero-order valence-corrected chi connectivity index (χ0v) is 13.5. The van der Waals surface area contributed by atoms with Crippen LogP contribution in [0.25, 0.3) is 0 Å². The molecule has 2 nitrogen and oxygen atoms in total. The Morgan fingerprint density at radius 2 is 1.90 bits per heavy atom. The van der Waals surface area contributed by atoms with E-state index in [2.05, 4.69) is 29.8 Å². The molecule has 3 heteroatoms. The molecule has 0 amide bonds. The molecule has 0 aliphatic heterocycles. The molecule has 1 aromatic rings. The second-order valence-electron chi connectivity index (χ2n) is 6.50. The third kappa shape index (κ3) is 2.98. The van der Waals surface area contributed by atoms with Crippen LogP contribution in [0.3, 0.4) is 0 Å². The van der Waals surface area contributed by atoms with E-state index in [1.807, 2.05) is 30.0 Å². The number of hydrogen-bond donors (Lipinski definition) is 1. The number of benzene rings is 1. The molecule has 0 heterocycles.